The lowest BCUT2D eigenvalue weighted by Gasteiger charge is -2.16. The number of nitrogens with zero attached hydrogens (tertiary/aromatic N) is 2. The molecule has 0 spiro atoms. The van der Waals surface area contributed by atoms with Gasteiger partial charge in [0.15, 0.2) is 0 Å². The van der Waals surface area contributed by atoms with Crippen molar-refractivity contribution < 1.29 is 4.74 Å². The van der Waals surface area contributed by atoms with E-state index >= 15 is 0 Å². The molecule has 0 saturated carbocycles. The number of benzene rings is 1. The molecular weight excluding hydrogens is 334 g/mol. The van der Waals surface area contributed by atoms with Gasteiger partial charge in [0.25, 0.3) is 0 Å². The van der Waals surface area contributed by atoms with Crippen molar-refractivity contribution in [3.05, 3.63) is 41.1 Å². The third-order valence-electron chi connectivity index (χ3n) is 4.80. The van der Waals surface area contributed by atoms with Gasteiger partial charge in [-0.1, -0.05) is 58.1 Å². The molecule has 144 valence electrons. The number of nitrogens with two attached hydrogens (primary N) is 1. The first kappa shape index (κ1) is 20.8. The van der Waals surface area contributed by atoms with Crippen LogP contribution in [-0.4, -0.2) is 11.6 Å². The summed E-state index contributed by atoms with van der Waals surface area (Å²) in [6.07, 6.45) is 7.99. The van der Waals surface area contributed by atoms with Crippen LogP contribution in [0, 0.1) is 18.3 Å². The lowest BCUT2D eigenvalue weighted by Crippen LogP contribution is -2.05. The van der Waals surface area contributed by atoms with Gasteiger partial charge in [0.1, 0.15) is 23.2 Å². The van der Waals surface area contributed by atoms with Gasteiger partial charge < -0.3 is 10.5 Å². The summed E-state index contributed by atoms with van der Waals surface area (Å²) < 4.78 is 5.86. The lowest BCUT2D eigenvalue weighted by atomic mass is 9.92. The molecule has 0 fully saturated rings. The highest BCUT2D eigenvalue weighted by Crippen LogP contribution is 2.33. The van der Waals surface area contributed by atoms with Crippen LogP contribution in [0.3, 0.4) is 0 Å². The number of aryl methyl sites for hydroxylation is 1. The summed E-state index contributed by atoms with van der Waals surface area (Å²) in [6.45, 7) is 7.06. The molecule has 1 aromatic carbocycles. The number of aromatic nitrogens is 1. The van der Waals surface area contributed by atoms with Crippen LogP contribution in [0.4, 0.5) is 5.82 Å². The maximum Gasteiger partial charge on any atom is 0.142 e. The third-order valence-corrected chi connectivity index (χ3v) is 4.80. The Labute approximate surface area is 163 Å². The summed E-state index contributed by atoms with van der Waals surface area (Å²) in [4.78, 5) is 4.37. The van der Waals surface area contributed by atoms with Crippen LogP contribution in [0.25, 0.3) is 11.1 Å². The van der Waals surface area contributed by atoms with Gasteiger partial charge in [0.05, 0.1) is 6.61 Å². The van der Waals surface area contributed by atoms with Gasteiger partial charge >= 0.3 is 0 Å². The van der Waals surface area contributed by atoms with E-state index in [2.05, 4.69) is 24.9 Å². The molecule has 1 aromatic heterocycles. The fourth-order valence-electron chi connectivity index (χ4n) is 3.37. The van der Waals surface area contributed by atoms with E-state index in [4.69, 9.17) is 10.5 Å². The van der Waals surface area contributed by atoms with Gasteiger partial charge in [0, 0.05) is 11.3 Å². The van der Waals surface area contributed by atoms with E-state index in [9.17, 15) is 5.26 Å². The van der Waals surface area contributed by atoms with E-state index in [0.717, 1.165) is 54.0 Å². The topological polar surface area (TPSA) is 71.9 Å². The Hall–Kier alpha value is -2.54. The first-order chi connectivity index (χ1) is 13.1. The zero-order valence-electron chi connectivity index (χ0n) is 16.8. The zero-order valence-corrected chi connectivity index (χ0v) is 16.8. The predicted molar refractivity (Wildman–Crippen MR) is 112 cm³/mol. The predicted octanol–water partition coefficient (Wildman–Crippen LogP) is 5.81. The molecule has 0 atom stereocenters. The normalized spacial score (nSPS) is 10.6. The van der Waals surface area contributed by atoms with E-state index in [1.54, 1.807) is 0 Å². The summed E-state index contributed by atoms with van der Waals surface area (Å²) in [5.41, 5.74) is 10.4. The number of nitrogen functional groups attached to an aromatic ring is 1. The molecule has 2 N–H and O–H groups in total. The van der Waals surface area contributed by atoms with Crippen LogP contribution < -0.4 is 10.5 Å². The highest BCUT2D eigenvalue weighted by molar-refractivity contribution is 5.79. The van der Waals surface area contributed by atoms with Gasteiger partial charge in [-0.25, -0.2) is 4.98 Å². The van der Waals surface area contributed by atoms with E-state index in [0.29, 0.717) is 11.4 Å². The number of hydrogen-bond acceptors (Lipinski definition) is 4. The number of ether oxygens (including phenoxy) is 1. The zero-order chi connectivity index (χ0) is 19.6. The monoisotopic (exact) mass is 365 g/mol. The average molecular weight is 366 g/mol. The maximum absolute atomic E-state index is 9.61. The summed E-state index contributed by atoms with van der Waals surface area (Å²) in [5, 5.41) is 9.61. The molecule has 0 unspecified atom stereocenters. The highest BCUT2D eigenvalue weighted by atomic mass is 16.5. The summed E-state index contributed by atoms with van der Waals surface area (Å²) >= 11 is 0. The largest absolute Gasteiger partial charge is 0.494 e. The Bertz CT molecular complexity index is 776. The Kier molecular flexibility index (Phi) is 8.13. The average Bonchev–Trinajstić information content (AvgIpc) is 2.67. The smallest absolute Gasteiger partial charge is 0.142 e. The lowest BCUT2D eigenvalue weighted by molar-refractivity contribution is 0.304. The first-order valence-electron chi connectivity index (χ1n) is 10.0. The number of nitriles is 1. The van der Waals surface area contributed by atoms with Gasteiger partial charge in [-0.2, -0.15) is 5.26 Å². The van der Waals surface area contributed by atoms with Gasteiger partial charge in [0.2, 0.25) is 0 Å². The molecule has 0 saturated heterocycles. The first-order valence-corrected chi connectivity index (χ1v) is 10.0. The Morgan fingerprint density at radius 2 is 1.74 bits per heavy atom. The molecule has 4 heteroatoms. The minimum Gasteiger partial charge on any atom is -0.494 e. The van der Waals surface area contributed by atoms with Crippen LogP contribution in [0.2, 0.25) is 0 Å². The van der Waals surface area contributed by atoms with Crippen LogP contribution in [0.1, 0.15) is 69.2 Å². The van der Waals surface area contributed by atoms with Crippen molar-refractivity contribution in [2.24, 2.45) is 0 Å². The summed E-state index contributed by atoms with van der Waals surface area (Å²) in [6, 6.07) is 10.2. The number of anilines is 1. The second kappa shape index (κ2) is 10.6. The van der Waals surface area contributed by atoms with Crippen LogP contribution in [0.15, 0.2) is 24.3 Å². The van der Waals surface area contributed by atoms with Crippen molar-refractivity contribution in [2.45, 2.75) is 65.7 Å². The molecule has 0 amide bonds. The fraction of sp³-hybridized carbons (Fsp3) is 0.478. The standard InChI is InChI=1S/C23H31N3O/c1-4-6-7-8-9-15-27-19-13-11-18(12-14-19)22-20(10-5-2)17(3)26-23(25)21(22)16-24/h11-14H,4-10,15H2,1-3H3,(H2,25,26). The molecule has 4 nitrogen and oxygen atoms in total. The number of rotatable bonds is 10. The highest BCUT2D eigenvalue weighted by Gasteiger charge is 2.17. The Morgan fingerprint density at radius 1 is 1.04 bits per heavy atom. The fourth-order valence-corrected chi connectivity index (χ4v) is 3.37. The van der Waals surface area contributed by atoms with Crippen molar-refractivity contribution in [3.63, 3.8) is 0 Å². The minimum atomic E-state index is 0.303. The van der Waals surface area contributed by atoms with Crippen molar-refractivity contribution in [1.82, 2.24) is 4.98 Å². The molecular formula is C23H31N3O. The molecule has 2 aromatic rings. The molecule has 2 rings (SSSR count). The molecule has 0 aliphatic carbocycles. The summed E-state index contributed by atoms with van der Waals surface area (Å²) in [5.74, 6) is 1.17. The maximum atomic E-state index is 9.61. The van der Waals surface area contributed by atoms with Crippen LogP contribution >= 0.6 is 0 Å². The van der Waals surface area contributed by atoms with Crippen molar-refractivity contribution >= 4 is 5.82 Å². The van der Waals surface area contributed by atoms with E-state index in [1.807, 2.05) is 31.2 Å². The van der Waals surface area contributed by atoms with E-state index < -0.39 is 0 Å². The molecule has 27 heavy (non-hydrogen) atoms. The quantitative estimate of drug-likeness (QED) is 0.539. The van der Waals surface area contributed by atoms with E-state index in [1.165, 1.54) is 25.7 Å². The molecule has 0 aliphatic rings. The number of hydrogen-bond donors (Lipinski definition) is 1. The van der Waals surface area contributed by atoms with Gasteiger partial charge in [-0.05, 0) is 43.0 Å². The van der Waals surface area contributed by atoms with Crippen molar-refractivity contribution in [2.75, 3.05) is 12.3 Å². The second-order valence-electron chi connectivity index (χ2n) is 6.96. The van der Waals surface area contributed by atoms with Crippen molar-refractivity contribution in [1.29, 1.82) is 5.26 Å². The third kappa shape index (κ3) is 5.47. The van der Waals surface area contributed by atoms with Crippen LogP contribution in [-0.2, 0) is 6.42 Å². The molecule has 0 bridgehead atoms. The summed E-state index contributed by atoms with van der Waals surface area (Å²) in [7, 11) is 0. The number of unbranched alkanes of at least 4 members (excludes halogenated alkanes) is 4. The molecule has 0 aliphatic heterocycles. The van der Waals surface area contributed by atoms with Crippen LogP contribution in [0.5, 0.6) is 5.75 Å². The van der Waals surface area contributed by atoms with E-state index in [-0.39, 0.29) is 0 Å². The Balaban J connectivity index is 2.18. The second-order valence-corrected chi connectivity index (χ2v) is 6.96. The van der Waals surface area contributed by atoms with Gasteiger partial charge in [-0.3, -0.25) is 0 Å². The van der Waals surface area contributed by atoms with Crippen molar-refractivity contribution in [3.8, 4) is 22.9 Å². The minimum absolute atomic E-state index is 0.303. The van der Waals surface area contributed by atoms with Gasteiger partial charge in [-0.15, -0.1) is 0 Å². The number of pyridine rings is 1. The molecule has 0 radical (unpaired) electrons. The SMILES string of the molecule is CCCCCCCOc1ccc(-c2c(C#N)c(N)nc(C)c2CCC)cc1. The molecule has 1 heterocycles. The Morgan fingerprint density at radius 3 is 2.37 bits per heavy atom.